The van der Waals surface area contributed by atoms with Gasteiger partial charge >= 0.3 is 0 Å². The molecule has 5 heteroatoms. The summed E-state index contributed by atoms with van der Waals surface area (Å²) in [7, 11) is 2.11. The van der Waals surface area contributed by atoms with Gasteiger partial charge in [0.2, 0.25) is 5.91 Å². The van der Waals surface area contributed by atoms with Gasteiger partial charge in [-0.2, -0.15) is 11.8 Å². The lowest BCUT2D eigenvalue weighted by atomic mass is 10.2. The Kier molecular flexibility index (Phi) is 6.16. The lowest BCUT2D eigenvalue weighted by Gasteiger charge is -2.20. The SMILES string of the molecule is CSCC[C@H](N)C(=O)NCC1CCCN1C. The van der Waals surface area contributed by atoms with E-state index in [1.165, 1.54) is 12.8 Å². The smallest absolute Gasteiger partial charge is 0.237 e. The molecule has 3 N–H and O–H groups in total. The largest absolute Gasteiger partial charge is 0.353 e. The van der Waals surface area contributed by atoms with Crippen LogP contribution < -0.4 is 11.1 Å². The normalized spacial score (nSPS) is 23.3. The highest BCUT2D eigenvalue weighted by atomic mass is 32.2. The third-order valence-electron chi connectivity index (χ3n) is 3.15. The van der Waals surface area contributed by atoms with Crippen LogP contribution in [0.5, 0.6) is 0 Å². The van der Waals surface area contributed by atoms with Crippen LogP contribution in [-0.2, 0) is 4.79 Å². The molecule has 0 aromatic rings. The van der Waals surface area contributed by atoms with E-state index < -0.39 is 0 Å². The van der Waals surface area contributed by atoms with Crippen LogP contribution >= 0.6 is 11.8 Å². The Morgan fingerprint density at radius 1 is 1.69 bits per heavy atom. The second-order valence-electron chi connectivity index (χ2n) is 4.41. The van der Waals surface area contributed by atoms with Gasteiger partial charge in [-0.05, 0) is 44.9 Å². The molecule has 16 heavy (non-hydrogen) atoms. The van der Waals surface area contributed by atoms with Crippen LogP contribution in [0.4, 0.5) is 0 Å². The zero-order valence-corrected chi connectivity index (χ0v) is 11.1. The molecule has 1 fully saturated rings. The number of hydrogen-bond acceptors (Lipinski definition) is 4. The average molecular weight is 245 g/mol. The Morgan fingerprint density at radius 3 is 3.00 bits per heavy atom. The summed E-state index contributed by atoms with van der Waals surface area (Å²) in [5, 5.41) is 2.95. The molecule has 1 aliphatic heterocycles. The molecule has 0 radical (unpaired) electrons. The number of hydrogen-bond donors (Lipinski definition) is 2. The fraction of sp³-hybridized carbons (Fsp3) is 0.909. The van der Waals surface area contributed by atoms with Crippen molar-refractivity contribution in [2.45, 2.75) is 31.3 Å². The molecule has 0 aliphatic carbocycles. The van der Waals surface area contributed by atoms with Gasteiger partial charge in [-0.1, -0.05) is 0 Å². The third kappa shape index (κ3) is 4.31. The predicted molar refractivity (Wildman–Crippen MR) is 69.6 cm³/mol. The summed E-state index contributed by atoms with van der Waals surface area (Å²) in [5.74, 6) is 0.937. The summed E-state index contributed by atoms with van der Waals surface area (Å²) >= 11 is 1.72. The zero-order chi connectivity index (χ0) is 12.0. The molecule has 1 rings (SSSR count). The van der Waals surface area contributed by atoms with Gasteiger partial charge in [-0.3, -0.25) is 4.79 Å². The number of rotatable bonds is 6. The van der Waals surface area contributed by atoms with Crippen molar-refractivity contribution in [2.24, 2.45) is 5.73 Å². The topological polar surface area (TPSA) is 58.4 Å². The highest BCUT2D eigenvalue weighted by molar-refractivity contribution is 7.98. The Labute approximate surface area is 102 Å². The summed E-state index contributed by atoms with van der Waals surface area (Å²) in [6, 6.07) is 0.149. The molecule has 4 nitrogen and oxygen atoms in total. The van der Waals surface area contributed by atoms with Crippen LogP contribution in [0, 0.1) is 0 Å². The van der Waals surface area contributed by atoms with Crippen molar-refractivity contribution < 1.29 is 4.79 Å². The second-order valence-corrected chi connectivity index (χ2v) is 5.40. The Bertz CT molecular complexity index is 225. The third-order valence-corrected chi connectivity index (χ3v) is 3.80. The number of likely N-dealkylation sites (tertiary alicyclic amines) is 1. The molecule has 1 aliphatic rings. The molecule has 0 aromatic carbocycles. The molecule has 0 spiro atoms. The lowest BCUT2D eigenvalue weighted by Crippen LogP contribution is -2.45. The van der Waals surface area contributed by atoms with E-state index in [4.69, 9.17) is 5.73 Å². The summed E-state index contributed by atoms with van der Waals surface area (Å²) in [6.45, 7) is 1.88. The van der Waals surface area contributed by atoms with Crippen molar-refractivity contribution in [2.75, 3.05) is 32.1 Å². The van der Waals surface area contributed by atoms with Gasteiger partial charge in [-0.25, -0.2) is 0 Å². The van der Waals surface area contributed by atoms with E-state index in [0.29, 0.717) is 6.04 Å². The van der Waals surface area contributed by atoms with Crippen LogP contribution in [0.15, 0.2) is 0 Å². The first-order valence-corrected chi connectivity index (χ1v) is 7.27. The number of carbonyl (C=O) groups is 1. The van der Waals surface area contributed by atoms with Gasteiger partial charge in [0, 0.05) is 12.6 Å². The van der Waals surface area contributed by atoms with E-state index in [0.717, 1.165) is 25.3 Å². The molecule has 0 aromatic heterocycles. The average Bonchev–Trinajstić information content (AvgIpc) is 2.68. The molecular weight excluding hydrogens is 222 g/mol. The van der Waals surface area contributed by atoms with Crippen LogP contribution in [0.3, 0.4) is 0 Å². The zero-order valence-electron chi connectivity index (χ0n) is 10.2. The van der Waals surface area contributed by atoms with Crippen LogP contribution in [-0.4, -0.2) is 55.0 Å². The molecule has 1 heterocycles. The maximum atomic E-state index is 11.6. The van der Waals surface area contributed by atoms with Crippen molar-refractivity contribution >= 4 is 17.7 Å². The fourth-order valence-corrected chi connectivity index (χ4v) is 2.45. The maximum absolute atomic E-state index is 11.6. The lowest BCUT2D eigenvalue weighted by molar-refractivity contribution is -0.122. The summed E-state index contributed by atoms with van der Waals surface area (Å²) in [6.07, 6.45) is 5.19. The molecular formula is C11H23N3OS. The Morgan fingerprint density at radius 2 is 2.44 bits per heavy atom. The summed E-state index contributed by atoms with van der Waals surface area (Å²) in [5.41, 5.74) is 5.78. The van der Waals surface area contributed by atoms with Crippen molar-refractivity contribution in [1.29, 1.82) is 0 Å². The van der Waals surface area contributed by atoms with Gasteiger partial charge in [0.15, 0.2) is 0 Å². The van der Waals surface area contributed by atoms with E-state index in [2.05, 4.69) is 17.3 Å². The monoisotopic (exact) mass is 245 g/mol. The van der Waals surface area contributed by atoms with E-state index in [9.17, 15) is 4.79 Å². The van der Waals surface area contributed by atoms with Crippen molar-refractivity contribution in [3.05, 3.63) is 0 Å². The number of nitrogens with one attached hydrogen (secondary N) is 1. The quantitative estimate of drug-likeness (QED) is 0.705. The van der Waals surface area contributed by atoms with E-state index >= 15 is 0 Å². The van der Waals surface area contributed by atoms with E-state index in [-0.39, 0.29) is 11.9 Å². The minimum absolute atomic E-state index is 0.00523. The van der Waals surface area contributed by atoms with Crippen molar-refractivity contribution in [3.8, 4) is 0 Å². The first-order valence-electron chi connectivity index (χ1n) is 5.87. The molecule has 1 unspecified atom stereocenters. The van der Waals surface area contributed by atoms with Crippen LogP contribution in [0.2, 0.25) is 0 Å². The number of nitrogens with zero attached hydrogens (tertiary/aromatic N) is 1. The minimum atomic E-state index is -0.348. The molecule has 1 saturated heterocycles. The minimum Gasteiger partial charge on any atom is -0.353 e. The van der Waals surface area contributed by atoms with E-state index in [1.54, 1.807) is 11.8 Å². The highest BCUT2D eigenvalue weighted by Crippen LogP contribution is 2.13. The number of amides is 1. The summed E-state index contributed by atoms with van der Waals surface area (Å²) in [4.78, 5) is 13.9. The van der Waals surface area contributed by atoms with Crippen LogP contribution in [0.25, 0.3) is 0 Å². The van der Waals surface area contributed by atoms with Gasteiger partial charge < -0.3 is 16.0 Å². The number of nitrogens with two attached hydrogens (primary N) is 1. The number of likely N-dealkylation sites (N-methyl/N-ethyl adjacent to an activating group) is 1. The number of carbonyl (C=O) groups excluding carboxylic acids is 1. The standard InChI is InChI=1S/C11H23N3OS/c1-14-6-3-4-9(14)8-13-11(15)10(12)5-7-16-2/h9-10H,3-8,12H2,1-2H3,(H,13,15)/t9?,10-/m0/s1. The van der Waals surface area contributed by atoms with Crippen LogP contribution in [0.1, 0.15) is 19.3 Å². The summed E-state index contributed by atoms with van der Waals surface area (Å²) < 4.78 is 0. The fourth-order valence-electron chi connectivity index (χ4n) is 1.96. The van der Waals surface area contributed by atoms with Crippen molar-refractivity contribution in [3.63, 3.8) is 0 Å². The molecule has 0 saturated carbocycles. The Balaban J connectivity index is 2.18. The van der Waals surface area contributed by atoms with Gasteiger partial charge in [0.05, 0.1) is 6.04 Å². The molecule has 94 valence electrons. The van der Waals surface area contributed by atoms with E-state index in [1.807, 2.05) is 6.26 Å². The molecule has 0 bridgehead atoms. The van der Waals surface area contributed by atoms with Gasteiger partial charge in [-0.15, -0.1) is 0 Å². The number of thioether (sulfide) groups is 1. The highest BCUT2D eigenvalue weighted by Gasteiger charge is 2.22. The second kappa shape index (κ2) is 7.14. The Hall–Kier alpha value is -0.260. The predicted octanol–water partition coefficient (Wildman–Crippen LogP) is 0.277. The first kappa shape index (κ1) is 13.8. The molecule has 2 atom stereocenters. The van der Waals surface area contributed by atoms with Gasteiger partial charge in [0.1, 0.15) is 0 Å². The van der Waals surface area contributed by atoms with Crippen molar-refractivity contribution in [1.82, 2.24) is 10.2 Å². The first-order chi connectivity index (χ1) is 7.65. The molecule has 1 amide bonds. The maximum Gasteiger partial charge on any atom is 0.237 e. The van der Waals surface area contributed by atoms with Gasteiger partial charge in [0.25, 0.3) is 0 Å².